The number of nitrogens with one attached hydrogen (secondary N) is 4. The van der Waals surface area contributed by atoms with Crippen molar-refractivity contribution in [1.82, 2.24) is 19.9 Å². The summed E-state index contributed by atoms with van der Waals surface area (Å²) in [6.07, 6.45) is 0. The van der Waals surface area contributed by atoms with Crippen LogP contribution in [0.1, 0.15) is 101 Å². The number of hydrogen-bond acceptors (Lipinski definition) is 2. The Hall–Kier alpha value is -3.67. The molecule has 0 fully saturated rings. The van der Waals surface area contributed by atoms with Gasteiger partial charge in [0, 0.05) is 56.0 Å². The normalized spacial score (nSPS) is 18.8. The summed E-state index contributed by atoms with van der Waals surface area (Å²) < 4.78 is 6.14. The minimum atomic E-state index is -1.07. The predicted molar refractivity (Wildman–Crippen MR) is 147 cm³/mol. The largest absolute Gasteiger partial charge is 0.443 e. The van der Waals surface area contributed by atoms with Gasteiger partial charge in [0.1, 0.15) is 0 Å². The lowest BCUT2D eigenvalue weighted by Gasteiger charge is -2.30. The SMILES string of the molecule is C=C(C)C(=O)OC1(C)c2ccc([nH]2)C(C)(C)c2ccc([nH]2)C(C)(C)c2ccc([nH]2)C(C)(C)c2ccc1[nH]2. The Morgan fingerprint density at radius 2 is 0.811 bits per heavy atom. The fraction of sp³-hybridized carbons (Fsp3) is 0.387. The molecule has 0 amide bonds. The van der Waals surface area contributed by atoms with Crippen LogP contribution >= 0.6 is 0 Å². The summed E-state index contributed by atoms with van der Waals surface area (Å²) in [6.45, 7) is 20.6. The summed E-state index contributed by atoms with van der Waals surface area (Å²) >= 11 is 0. The number of H-pyrrole nitrogens is 4. The van der Waals surface area contributed by atoms with Crippen molar-refractivity contribution < 1.29 is 9.53 Å². The van der Waals surface area contributed by atoms with Gasteiger partial charge in [0.25, 0.3) is 0 Å². The molecule has 6 nitrogen and oxygen atoms in total. The zero-order valence-corrected chi connectivity index (χ0v) is 23.1. The van der Waals surface area contributed by atoms with Gasteiger partial charge in [-0.05, 0) is 104 Å². The Bertz CT molecular complexity index is 1410. The lowest BCUT2D eigenvalue weighted by Crippen LogP contribution is -2.32. The van der Waals surface area contributed by atoms with Crippen LogP contribution in [0.4, 0.5) is 0 Å². The molecule has 4 N–H and O–H groups in total. The van der Waals surface area contributed by atoms with E-state index in [9.17, 15) is 4.79 Å². The van der Waals surface area contributed by atoms with Crippen molar-refractivity contribution in [2.45, 2.75) is 77.2 Å². The van der Waals surface area contributed by atoms with E-state index in [1.165, 1.54) is 0 Å². The van der Waals surface area contributed by atoms with Crippen LogP contribution in [0, 0.1) is 0 Å². The zero-order valence-electron chi connectivity index (χ0n) is 23.1. The number of fused-ring (bicyclic) bond motifs is 8. The van der Waals surface area contributed by atoms with Gasteiger partial charge in [0.05, 0.1) is 11.4 Å². The fourth-order valence-corrected chi connectivity index (χ4v) is 5.29. The predicted octanol–water partition coefficient (Wildman–Crippen LogP) is 6.67. The van der Waals surface area contributed by atoms with E-state index in [0.717, 1.165) is 45.6 Å². The number of hydrogen-bond donors (Lipinski definition) is 4. The Morgan fingerprint density at radius 1 is 0.568 bits per heavy atom. The first-order valence-corrected chi connectivity index (χ1v) is 12.9. The highest BCUT2D eigenvalue weighted by atomic mass is 16.6. The second-order valence-electron chi connectivity index (χ2n) is 12.2. The maximum absolute atomic E-state index is 12.8. The van der Waals surface area contributed by atoms with Gasteiger partial charge in [-0.3, -0.25) is 0 Å². The van der Waals surface area contributed by atoms with Crippen molar-refractivity contribution in [3.63, 3.8) is 0 Å². The van der Waals surface area contributed by atoms with Gasteiger partial charge in [0.15, 0.2) is 5.60 Å². The van der Waals surface area contributed by atoms with E-state index in [1.807, 2.05) is 19.1 Å². The van der Waals surface area contributed by atoms with Crippen molar-refractivity contribution in [1.29, 1.82) is 0 Å². The number of ether oxygens (including phenoxy) is 1. The fourth-order valence-electron chi connectivity index (χ4n) is 5.29. The van der Waals surface area contributed by atoms with E-state index in [0.29, 0.717) is 5.57 Å². The van der Waals surface area contributed by atoms with Crippen LogP contribution in [0.3, 0.4) is 0 Å². The summed E-state index contributed by atoms with van der Waals surface area (Å²) in [6, 6.07) is 16.9. The monoisotopic (exact) mass is 498 g/mol. The first kappa shape index (κ1) is 25.0. The van der Waals surface area contributed by atoms with E-state index < -0.39 is 11.6 Å². The van der Waals surface area contributed by atoms with Crippen LogP contribution in [0.15, 0.2) is 60.7 Å². The zero-order chi connectivity index (χ0) is 27.0. The van der Waals surface area contributed by atoms with Gasteiger partial charge in [0.2, 0.25) is 0 Å². The van der Waals surface area contributed by atoms with Crippen molar-refractivity contribution in [3.8, 4) is 0 Å². The Kier molecular flexibility index (Phi) is 5.35. The first-order valence-electron chi connectivity index (χ1n) is 12.9. The second-order valence-corrected chi connectivity index (χ2v) is 12.2. The molecular formula is C31H38N4O2. The third-order valence-electron chi connectivity index (χ3n) is 8.46. The molecule has 0 saturated carbocycles. The number of carbonyl (C=O) groups excluding carboxylic acids is 1. The molecule has 5 heterocycles. The molecule has 0 radical (unpaired) electrons. The summed E-state index contributed by atoms with van der Waals surface area (Å²) in [7, 11) is 0. The van der Waals surface area contributed by atoms with Crippen molar-refractivity contribution >= 4 is 5.97 Å². The first-order chi connectivity index (χ1) is 17.2. The molecule has 37 heavy (non-hydrogen) atoms. The number of carbonyl (C=O) groups is 1. The van der Waals surface area contributed by atoms with E-state index in [-0.39, 0.29) is 16.2 Å². The Balaban J connectivity index is 1.76. The van der Waals surface area contributed by atoms with Crippen LogP contribution in [-0.4, -0.2) is 25.9 Å². The Labute approximate surface area is 218 Å². The molecule has 4 aromatic heterocycles. The number of rotatable bonds is 2. The average molecular weight is 499 g/mol. The summed E-state index contributed by atoms with van der Waals surface area (Å²) in [5, 5.41) is 0. The van der Waals surface area contributed by atoms with Crippen LogP contribution in [0.2, 0.25) is 0 Å². The second kappa shape index (κ2) is 7.91. The van der Waals surface area contributed by atoms with E-state index in [1.54, 1.807) is 6.92 Å². The van der Waals surface area contributed by atoms with Gasteiger partial charge < -0.3 is 24.7 Å². The minimum absolute atomic E-state index is 0.239. The molecule has 8 bridgehead atoms. The maximum atomic E-state index is 12.8. The van der Waals surface area contributed by atoms with Gasteiger partial charge in [-0.1, -0.05) is 6.58 Å². The van der Waals surface area contributed by atoms with Crippen LogP contribution in [-0.2, 0) is 31.4 Å². The lowest BCUT2D eigenvalue weighted by atomic mass is 9.85. The van der Waals surface area contributed by atoms with Crippen molar-refractivity contribution in [3.05, 3.63) is 106 Å². The highest BCUT2D eigenvalue weighted by Gasteiger charge is 2.40. The highest BCUT2D eigenvalue weighted by Crippen LogP contribution is 2.41. The molecule has 0 aliphatic carbocycles. The molecule has 1 aliphatic heterocycles. The van der Waals surface area contributed by atoms with Crippen molar-refractivity contribution in [2.24, 2.45) is 0 Å². The van der Waals surface area contributed by atoms with Gasteiger partial charge in [-0.15, -0.1) is 0 Å². The molecule has 0 saturated heterocycles. The van der Waals surface area contributed by atoms with Gasteiger partial charge >= 0.3 is 5.97 Å². The molecule has 0 aromatic carbocycles. The molecule has 6 heteroatoms. The smallest absolute Gasteiger partial charge is 0.334 e. The van der Waals surface area contributed by atoms with E-state index in [2.05, 4.69) is 104 Å². The third-order valence-corrected chi connectivity index (χ3v) is 8.46. The minimum Gasteiger partial charge on any atom is -0.443 e. The number of aromatic amines is 4. The van der Waals surface area contributed by atoms with Gasteiger partial charge in [-0.25, -0.2) is 4.79 Å². The molecular weight excluding hydrogens is 460 g/mol. The molecule has 0 spiro atoms. The number of aromatic nitrogens is 4. The molecule has 194 valence electrons. The summed E-state index contributed by atoms with van der Waals surface area (Å²) in [5.74, 6) is -0.437. The van der Waals surface area contributed by atoms with E-state index in [4.69, 9.17) is 4.74 Å². The molecule has 0 unspecified atom stereocenters. The van der Waals surface area contributed by atoms with E-state index >= 15 is 0 Å². The molecule has 0 atom stereocenters. The molecule has 4 aromatic rings. The van der Waals surface area contributed by atoms with Crippen LogP contribution in [0.25, 0.3) is 0 Å². The molecule has 1 aliphatic rings. The van der Waals surface area contributed by atoms with Crippen LogP contribution < -0.4 is 0 Å². The van der Waals surface area contributed by atoms with Crippen molar-refractivity contribution in [2.75, 3.05) is 0 Å². The van der Waals surface area contributed by atoms with Crippen LogP contribution in [0.5, 0.6) is 0 Å². The standard InChI is InChI=1S/C31H38N4O2/c1-18(2)27(36)37-31(9)25-16-14-23(34-25)29(5,6)21-12-10-19(32-21)28(3,4)20-11-13-22(33-20)30(7,8)24-15-17-26(31)35-24/h10-17,32-35H,1H2,2-9H3. The highest BCUT2D eigenvalue weighted by molar-refractivity contribution is 5.87. The lowest BCUT2D eigenvalue weighted by molar-refractivity contribution is -0.150. The average Bonchev–Trinajstić information content (AvgIpc) is 3.64. The molecule has 5 rings (SSSR count). The summed E-state index contributed by atoms with van der Waals surface area (Å²) in [4.78, 5) is 27.5. The third kappa shape index (κ3) is 3.73. The number of esters is 1. The topological polar surface area (TPSA) is 89.5 Å². The van der Waals surface area contributed by atoms with Gasteiger partial charge in [-0.2, -0.15) is 0 Å². The Morgan fingerprint density at radius 3 is 1.08 bits per heavy atom. The quantitative estimate of drug-likeness (QED) is 0.184. The maximum Gasteiger partial charge on any atom is 0.334 e. The summed E-state index contributed by atoms with van der Waals surface area (Å²) in [5.41, 5.74) is 6.47.